The Bertz CT molecular complexity index is 1410. The van der Waals surface area contributed by atoms with Crippen LogP contribution < -0.4 is 4.74 Å². The van der Waals surface area contributed by atoms with E-state index in [2.05, 4.69) is 19.9 Å². The van der Waals surface area contributed by atoms with Crippen molar-refractivity contribution in [2.24, 2.45) is 0 Å². The van der Waals surface area contributed by atoms with Crippen LogP contribution >= 0.6 is 11.6 Å². The number of halogens is 1. The van der Waals surface area contributed by atoms with Crippen molar-refractivity contribution in [2.75, 3.05) is 0 Å². The number of carbonyl (C=O) groups is 1. The summed E-state index contributed by atoms with van der Waals surface area (Å²) in [4.78, 5) is 27.6. The molecule has 3 aromatic heterocycles. The predicted octanol–water partition coefficient (Wildman–Crippen LogP) is 5.83. The first-order chi connectivity index (χ1) is 15.5. The highest BCUT2D eigenvalue weighted by molar-refractivity contribution is 6.31. The molecule has 0 amide bonds. The molecule has 0 saturated heterocycles. The number of carboxylic acids is 1. The van der Waals surface area contributed by atoms with Crippen molar-refractivity contribution in [2.45, 2.75) is 0 Å². The molecule has 5 rings (SSSR count). The van der Waals surface area contributed by atoms with Gasteiger partial charge in [-0.15, -0.1) is 0 Å². The minimum Gasteiger partial charge on any atom is -0.478 e. The molecule has 32 heavy (non-hydrogen) atoms. The summed E-state index contributed by atoms with van der Waals surface area (Å²) >= 11 is 6.03. The SMILES string of the molecule is O=C(O)c1ccc(Oc2ccc(-c3ccc(-c4nc5cc(Cl)ccc5[nH]4)cn3)cn2)cc1. The van der Waals surface area contributed by atoms with Crippen molar-refractivity contribution in [3.63, 3.8) is 0 Å². The number of rotatable bonds is 5. The average molecular weight is 443 g/mol. The number of aromatic nitrogens is 4. The van der Waals surface area contributed by atoms with Gasteiger partial charge in [0.1, 0.15) is 11.6 Å². The van der Waals surface area contributed by atoms with E-state index in [9.17, 15) is 4.79 Å². The van der Waals surface area contributed by atoms with Crippen LogP contribution in [0, 0.1) is 0 Å². The molecular formula is C24H15ClN4O3. The van der Waals surface area contributed by atoms with Crippen molar-refractivity contribution < 1.29 is 14.6 Å². The first-order valence-electron chi connectivity index (χ1n) is 9.64. The molecule has 0 atom stereocenters. The summed E-state index contributed by atoms with van der Waals surface area (Å²) in [5, 5.41) is 9.60. The summed E-state index contributed by atoms with van der Waals surface area (Å²) < 4.78 is 5.67. The zero-order valence-electron chi connectivity index (χ0n) is 16.5. The number of benzene rings is 2. The lowest BCUT2D eigenvalue weighted by Crippen LogP contribution is -1.95. The summed E-state index contributed by atoms with van der Waals surface area (Å²) in [6.45, 7) is 0. The molecule has 8 heteroatoms. The molecule has 0 radical (unpaired) electrons. The summed E-state index contributed by atoms with van der Waals surface area (Å²) in [7, 11) is 0. The fraction of sp³-hybridized carbons (Fsp3) is 0. The van der Waals surface area contributed by atoms with Gasteiger partial charge < -0.3 is 14.8 Å². The second-order valence-electron chi connectivity index (χ2n) is 7.00. The van der Waals surface area contributed by atoms with Crippen molar-refractivity contribution in [1.29, 1.82) is 0 Å². The van der Waals surface area contributed by atoms with E-state index in [-0.39, 0.29) is 5.56 Å². The highest BCUT2D eigenvalue weighted by atomic mass is 35.5. The lowest BCUT2D eigenvalue weighted by atomic mass is 10.1. The summed E-state index contributed by atoms with van der Waals surface area (Å²) in [6, 6.07) is 19.1. The van der Waals surface area contributed by atoms with Crippen molar-refractivity contribution in [3.05, 3.63) is 89.7 Å². The first-order valence-corrected chi connectivity index (χ1v) is 10.0. The standard InChI is InChI=1S/C24H15ClN4O3/c25-17-5-9-20-21(11-17)29-23(28-20)16-3-8-19(26-13-16)15-4-10-22(27-12-15)32-18-6-1-14(2-7-18)24(30)31/h1-13H,(H,28,29)(H,30,31). The Hall–Kier alpha value is -4.23. The van der Waals surface area contributed by atoms with Gasteiger partial charge in [0.25, 0.3) is 0 Å². The van der Waals surface area contributed by atoms with Crippen LogP contribution in [0.5, 0.6) is 11.6 Å². The van der Waals surface area contributed by atoms with E-state index in [0.29, 0.717) is 16.7 Å². The zero-order chi connectivity index (χ0) is 22.1. The topological polar surface area (TPSA) is 101 Å². The minimum atomic E-state index is -0.984. The third-order valence-corrected chi connectivity index (χ3v) is 5.07. The molecule has 0 bridgehead atoms. The van der Waals surface area contributed by atoms with Crippen molar-refractivity contribution in [3.8, 4) is 34.3 Å². The summed E-state index contributed by atoms with van der Waals surface area (Å²) in [5.41, 5.74) is 4.36. The molecule has 0 spiro atoms. The Balaban J connectivity index is 1.32. The van der Waals surface area contributed by atoms with Crippen LogP contribution in [0.3, 0.4) is 0 Å². The van der Waals surface area contributed by atoms with E-state index in [4.69, 9.17) is 21.4 Å². The number of carboxylic acid groups (broad SMARTS) is 1. The highest BCUT2D eigenvalue weighted by Crippen LogP contribution is 2.26. The Labute approximate surface area is 187 Å². The number of aromatic amines is 1. The number of aromatic carboxylic acids is 1. The van der Waals surface area contributed by atoms with E-state index in [1.165, 1.54) is 12.1 Å². The normalized spacial score (nSPS) is 10.9. The monoisotopic (exact) mass is 442 g/mol. The number of ether oxygens (including phenoxy) is 1. The molecule has 5 aromatic rings. The van der Waals surface area contributed by atoms with Crippen LogP contribution in [-0.2, 0) is 0 Å². The molecule has 156 valence electrons. The van der Waals surface area contributed by atoms with E-state index >= 15 is 0 Å². The number of H-pyrrole nitrogens is 1. The Morgan fingerprint density at radius 2 is 1.69 bits per heavy atom. The van der Waals surface area contributed by atoms with Crippen LogP contribution in [0.4, 0.5) is 0 Å². The Morgan fingerprint density at radius 1 is 0.906 bits per heavy atom. The fourth-order valence-corrected chi connectivity index (χ4v) is 3.37. The minimum absolute atomic E-state index is 0.196. The number of nitrogens with zero attached hydrogens (tertiary/aromatic N) is 3. The van der Waals surface area contributed by atoms with Crippen LogP contribution in [0.2, 0.25) is 5.02 Å². The summed E-state index contributed by atoms with van der Waals surface area (Å²) in [6.07, 6.45) is 3.43. The van der Waals surface area contributed by atoms with Crippen LogP contribution in [0.1, 0.15) is 10.4 Å². The molecule has 0 aliphatic heterocycles. The molecule has 2 N–H and O–H groups in total. The average Bonchev–Trinajstić information content (AvgIpc) is 3.23. The number of nitrogens with one attached hydrogen (secondary N) is 1. The van der Waals surface area contributed by atoms with E-state index in [0.717, 1.165) is 33.7 Å². The van der Waals surface area contributed by atoms with Crippen LogP contribution in [0.25, 0.3) is 33.7 Å². The third-order valence-electron chi connectivity index (χ3n) is 4.84. The van der Waals surface area contributed by atoms with Crippen molar-refractivity contribution >= 4 is 28.6 Å². The lowest BCUT2D eigenvalue weighted by molar-refractivity contribution is 0.0697. The van der Waals surface area contributed by atoms with Gasteiger partial charge in [0.15, 0.2) is 0 Å². The second kappa shape index (κ2) is 8.13. The fourth-order valence-electron chi connectivity index (χ4n) is 3.20. The van der Waals surface area contributed by atoms with E-state index < -0.39 is 5.97 Å². The molecule has 7 nitrogen and oxygen atoms in total. The maximum absolute atomic E-state index is 10.9. The quantitative estimate of drug-likeness (QED) is 0.355. The number of imidazole rings is 1. The van der Waals surface area contributed by atoms with Crippen LogP contribution in [-0.4, -0.2) is 31.0 Å². The number of hydrogen-bond acceptors (Lipinski definition) is 5. The molecular weight excluding hydrogens is 428 g/mol. The predicted molar refractivity (Wildman–Crippen MR) is 121 cm³/mol. The molecule has 0 fully saturated rings. The summed E-state index contributed by atoms with van der Waals surface area (Å²) in [5.74, 6) is 0.638. The van der Waals surface area contributed by atoms with Gasteiger partial charge in [-0.05, 0) is 60.7 Å². The highest BCUT2D eigenvalue weighted by Gasteiger charge is 2.08. The molecule has 0 aliphatic rings. The smallest absolute Gasteiger partial charge is 0.335 e. The molecule has 3 heterocycles. The van der Waals surface area contributed by atoms with Gasteiger partial charge in [-0.25, -0.2) is 14.8 Å². The van der Waals surface area contributed by atoms with Gasteiger partial charge in [0.05, 0.1) is 22.3 Å². The molecule has 0 saturated carbocycles. The van der Waals surface area contributed by atoms with Crippen molar-refractivity contribution in [1.82, 2.24) is 19.9 Å². The van der Waals surface area contributed by atoms with Gasteiger partial charge in [-0.2, -0.15) is 0 Å². The van der Waals surface area contributed by atoms with Crippen LogP contribution in [0.15, 0.2) is 79.1 Å². The molecule has 0 aliphatic carbocycles. The third kappa shape index (κ3) is 4.01. The Morgan fingerprint density at radius 3 is 2.38 bits per heavy atom. The van der Waals surface area contributed by atoms with Gasteiger partial charge in [-0.1, -0.05) is 11.6 Å². The number of fused-ring (bicyclic) bond motifs is 1. The van der Waals surface area contributed by atoms with Gasteiger partial charge >= 0.3 is 5.97 Å². The van der Waals surface area contributed by atoms with Gasteiger partial charge in [0.2, 0.25) is 5.88 Å². The largest absolute Gasteiger partial charge is 0.478 e. The maximum atomic E-state index is 10.9. The van der Waals surface area contributed by atoms with Gasteiger partial charge in [-0.3, -0.25) is 4.98 Å². The number of pyridine rings is 2. The van der Waals surface area contributed by atoms with E-state index in [1.807, 2.05) is 36.4 Å². The Kier molecular flexibility index (Phi) is 5.01. The number of hydrogen-bond donors (Lipinski definition) is 2. The second-order valence-corrected chi connectivity index (χ2v) is 7.43. The van der Waals surface area contributed by atoms with Gasteiger partial charge in [0, 0.05) is 34.6 Å². The zero-order valence-corrected chi connectivity index (χ0v) is 17.2. The van der Waals surface area contributed by atoms with E-state index in [1.54, 1.807) is 30.6 Å². The molecule has 2 aromatic carbocycles. The molecule has 0 unspecified atom stereocenters. The first kappa shape index (κ1) is 19.7. The maximum Gasteiger partial charge on any atom is 0.335 e. The lowest BCUT2D eigenvalue weighted by Gasteiger charge is -2.06.